The summed E-state index contributed by atoms with van der Waals surface area (Å²) in [6, 6.07) is 1.84. The molecule has 15 heavy (non-hydrogen) atoms. The highest BCUT2D eigenvalue weighted by Crippen LogP contribution is 2.17. The summed E-state index contributed by atoms with van der Waals surface area (Å²) in [5.74, 6) is 0.270. The maximum atomic E-state index is 11.6. The second kappa shape index (κ2) is 5.12. The van der Waals surface area contributed by atoms with E-state index in [0.717, 1.165) is 31.4 Å². The van der Waals surface area contributed by atoms with Crippen molar-refractivity contribution in [3.05, 3.63) is 24.2 Å². The fourth-order valence-electron chi connectivity index (χ4n) is 1.90. The van der Waals surface area contributed by atoms with Gasteiger partial charge in [-0.15, -0.1) is 0 Å². The average molecular weight is 208 g/mol. The van der Waals surface area contributed by atoms with Crippen LogP contribution in [0.15, 0.2) is 23.0 Å². The number of carbonyl (C=O) groups is 1. The van der Waals surface area contributed by atoms with E-state index in [1.807, 2.05) is 6.07 Å². The zero-order chi connectivity index (χ0) is 10.5. The van der Waals surface area contributed by atoms with E-state index in [2.05, 4.69) is 0 Å². The predicted molar refractivity (Wildman–Crippen MR) is 55.6 cm³/mol. The summed E-state index contributed by atoms with van der Waals surface area (Å²) in [4.78, 5) is 11.6. The Bertz CT molecular complexity index is 297. The van der Waals surface area contributed by atoms with Gasteiger partial charge in [-0.2, -0.15) is 0 Å². The zero-order valence-electron chi connectivity index (χ0n) is 8.78. The molecule has 1 aromatic rings. The Morgan fingerprint density at radius 3 is 3.13 bits per heavy atom. The Labute approximate surface area is 89.4 Å². The lowest BCUT2D eigenvalue weighted by Crippen LogP contribution is -2.09. The van der Waals surface area contributed by atoms with Crippen molar-refractivity contribution in [2.75, 3.05) is 6.61 Å². The third kappa shape index (κ3) is 3.20. The number of rotatable bonds is 5. The van der Waals surface area contributed by atoms with Gasteiger partial charge in [-0.25, -0.2) is 0 Å². The second-order valence-corrected chi connectivity index (χ2v) is 4.02. The highest BCUT2D eigenvalue weighted by Gasteiger charge is 2.16. The van der Waals surface area contributed by atoms with Gasteiger partial charge in [-0.3, -0.25) is 4.79 Å². The van der Waals surface area contributed by atoms with Crippen molar-refractivity contribution in [2.45, 2.75) is 38.2 Å². The average Bonchev–Trinajstić information content (AvgIpc) is 2.86. The number of furan rings is 1. The molecular formula is C12H16O3. The van der Waals surface area contributed by atoms with E-state index < -0.39 is 0 Å². The third-order valence-electron chi connectivity index (χ3n) is 2.75. The first kappa shape index (κ1) is 10.4. The fraction of sp³-hybridized carbons (Fsp3) is 0.583. The van der Waals surface area contributed by atoms with Crippen molar-refractivity contribution in [2.24, 2.45) is 0 Å². The number of Topliss-reactive ketones (excluding diaryl/α,β-unsaturated/α-hetero) is 1. The van der Waals surface area contributed by atoms with Gasteiger partial charge in [0.15, 0.2) is 0 Å². The third-order valence-corrected chi connectivity index (χ3v) is 2.75. The molecule has 1 aliphatic heterocycles. The molecule has 1 saturated heterocycles. The molecule has 82 valence electrons. The largest absolute Gasteiger partial charge is 0.472 e. The van der Waals surface area contributed by atoms with Crippen LogP contribution in [0.2, 0.25) is 0 Å². The van der Waals surface area contributed by atoms with Gasteiger partial charge in [0.25, 0.3) is 0 Å². The van der Waals surface area contributed by atoms with Gasteiger partial charge < -0.3 is 9.15 Å². The standard InChI is InChI=1S/C12H16O3/c13-11(8-10-5-7-14-9-10)3-4-12-2-1-6-15-12/h5,7,9,12H,1-4,6,8H2. The number of hydrogen-bond donors (Lipinski definition) is 0. The summed E-state index contributed by atoms with van der Waals surface area (Å²) in [5.41, 5.74) is 0.965. The number of ether oxygens (including phenoxy) is 1. The Hall–Kier alpha value is -1.09. The van der Waals surface area contributed by atoms with Crippen LogP contribution in [0.1, 0.15) is 31.2 Å². The van der Waals surface area contributed by atoms with Gasteiger partial charge in [0.2, 0.25) is 0 Å². The van der Waals surface area contributed by atoms with Crippen LogP contribution in [0.4, 0.5) is 0 Å². The summed E-state index contributed by atoms with van der Waals surface area (Å²) in [6.45, 7) is 0.862. The van der Waals surface area contributed by atoms with Crippen molar-refractivity contribution < 1.29 is 13.9 Å². The highest BCUT2D eigenvalue weighted by molar-refractivity contribution is 5.80. The molecule has 0 aliphatic carbocycles. The first-order valence-electron chi connectivity index (χ1n) is 5.49. The Balaban J connectivity index is 1.68. The number of carbonyl (C=O) groups excluding carboxylic acids is 1. The van der Waals surface area contributed by atoms with Crippen LogP contribution >= 0.6 is 0 Å². The van der Waals surface area contributed by atoms with Crippen LogP contribution in [0, 0.1) is 0 Å². The minimum Gasteiger partial charge on any atom is -0.472 e. The fourth-order valence-corrected chi connectivity index (χ4v) is 1.90. The topological polar surface area (TPSA) is 39.4 Å². The van der Waals surface area contributed by atoms with Crippen LogP contribution in [0.5, 0.6) is 0 Å². The molecule has 0 aromatic carbocycles. The molecule has 2 heterocycles. The molecule has 0 bridgehead atoms. The van der Waals surface area contributed by atoms with Crippen LogP contribution in [0.3, 0.4) is 0 Å². The molecule has 0 saturated carbocycles. The van der Waals surface area contributed by atoms with Crippen molar-refractivity contribution in [3.8, 4) is 0 Å². The van der Waals surface area contributed by atoms with Crippen LogP contribution < -0.4 is 0 Å². The first-order valence-corrected chi connectivity index (χ1v) is 5.49. The molecule has 0 amide bonds. The summed E-state index contributed by atoms with van der Waals surface area (Å²) >= 11 is 0. The van der Waals surface area contributed by atoms with E-state index in [0.29, 0.717) is 18.9 Å². The molecular weight excluding hydrogens is 192 g/mol. The van der Waals surface area contributed by atoms with Gasteiger partial charge in [-0.1, -0.05) is 0 Å². The minimum absolute atomic E-state index is 0.270. The van der Waals surface area contributed by atoms with E-state index in [1.54, 1.807) is 12.5 Å². The second-order valence-electron chi connectivity index (χ2n) is 4.02. The lowest BCUT2D eigenvalue weighted by Gasteiger charge is -2.07. The van der Waals surface area contributed by atoms with Gasteiger partial charge in [-0.05, 0) is 30.9 Å². The van der Waals surface area contributed by atoms with Gasteiger partial charge >= 0.3 is 0 Å². The van der Waals surface area contributed by atoms with Crippen LogP contribution in [-0.2, 0) is 16.0 Å². The molecule has 2 rings (SSSR count). The predicted octanol–water partition coefficient (Wildman–Crippen LogP) is 2.35. The lowest BCUT2D eigenvalue weighted by molar-refractivity contribution is -0.119. The molecule has 1 aliphatic rings. The van der Waals surface area contributed by atoms with Crippen molar-refractivity contribution in [3.63, 3.8) is 0 Å². The van der Waals surface area contributed by atoms with Crippen molar-refractivity contribution in [1.82, 2.24) is 0 Å². The molecule has 1 atom stereocenters. The summed E-state index contributed by atoms with van der Waals surface area (Å²) in [5, 5.41) is 0. The van der Waals surface area contributed by atoms with Gasteiger partial charge in [0.05, 0.1) is 18.6 Å². The first-order chi connectivity index (χ1) is 7.34. The van der Waals surface area contributed by atoms with Crippen LogP contribution in [-0.4, -0.2) is 18.5 Å². The maximum absolute atomic E-state index is 11.6. The lowest BCUT2D eigenvalue weighted by atomic mass is 10.0. The molecule has 1 unspecified atom stereocenters. The monoisotopic (exact) mass is 208 g/mol. The maximum Gasteiger partial charge on any atom is 0.137 e. The summed E-state index contributed by atoms with van der Waals surface area (Å²) in [6.07, 6.45) is 7.78. The van der Waals surface area contributed by atoms with E-state index in [1.165, 1.54) is 0 Å². The molecule has 0 radical (unpaired) electrons. The Morgan fingerprint density at radius 1 is 1.53 bits per heavy atom. The molecule has 0 N–H and O–H groups in total. The van der Waals surface area contributed by atoms with E-state index in [4.69, 9.17) is 9.15 Å². The Morgan fingerprint density at radius 2 is 2.47 bits per heavy atom. The van der Waals surface area contributed by atoms with Crippen molar-refractivity contribution >= 4 is 5.78 Å². The van der Waals surface area contributed by atoms with E-state index >= 15 is 0 Å². The molecule has 3 heteroatoms. The van der Waals surface area contributed by atoms with Gasteiger partial charge in [0, 0.05) is 19.4 Å². The Kier molecular flexibility index (Phi) is 3.56. The quantitative estimate of drug-likeness (QED) is 0.745. The molecule has 0 spiro atoms. The van der Waals surface area contributed by atoms with Gasteiger partial charge in [0.1, 0.15) is 5.78 Å². The SMILES string of the molecule is O=C(CCC1CCCO1)Cc1ccoc1. The zero-order valence-corrected chi connectivity index (χ0v) is 8.78. The molecule has 1 aromatic heterocycles. The number of hydrogen-bond acceptors (Lipinski definition) is 3. The smallest absolute Gasteiger partial charge is 0.137 e. The van der Waals surface area contributed by atoms with E-state index in [-0.39, 0.29) is 5.78 Å². The number of ketones is 1. The minimum atomic E-state index is 0.270. The normalized spacial score (nSPS) is 20.7. The molecule has 3 nitrogen and oxygen atoms in total. The van der Waals surface area contributed by atoms with Crippen molar-refractivity contribution in [1.29, 1.82) is 0 Å². The molecule has 1 fully saturated rings. The van der Waals surface area contributed by atoms with E-state index in [9.17, 15) is 4.79 Å². The summed E-state index contributed by atoms with van der Waals surface area (Å²) < 4.78 is 10.4. The highest BCUT2D eigenvalue weighted by atomic mass is 16.5. The van der Waals surface area contributed by atoms with Crippen LogP contribution in [0.25, 0.3) is 0 Å². The summed E-state index contributed by atoms with van der Waals surface area (Å²) in [7, 11) is 0.